The third-order valence-electron chi connectivity index (χ3n) is 5.54. The Hall–Kier alpha value is -1.59. The van der Waals surface area contributed by atoms with E-state index < -0.39 is 18.0 Å². The van der Waals surface area contributed by atoms with E-state index in [1.54, 1.807) is 0 Å². The first-order valence-corrected chi connectivity index (χ1v) is 7.74. The molecule has 0 heterocycles. The fourth-order valence-corrected chi connectivity index (χ4v) is 4.66. The molecule has 3 aliphatic carbocycles. The minimum Gasteiger partial charge on any atom is -0.481 e. The van der Waals surface area contributed by atoms with Crippen LogP contribution in [0.15, 0.2) is 0 Å². The number of nitrogens with one attached hydrogen (secondary N) is 1. The summed E-state index contributed by atoms with van der Waals surface area (Å²) in [6, 6.07) is -0.962. The lowest BCUT2D eigenvalue weighted by atomic mass is 10.0. The molecule has 6 heteroatoms. The zero-order valence-electron chi connectivity index (χ0n) is 11.8. The van der Waals surface area contributed by atoms with E-state index in [0.29, 0.717) is 23.7 Å². The molecule has 3 rings (SSSR count). The van der Waals surface area contributed by atoms with Gasteiger partial charge in [-0.1, -0.05) is 0 Å². The lowest BCUT2D eigenvalue weighted by Gasteiger charge is -2.15. The van der Waals surface area contributed by atoms with Crippen LogP contribution in [0, 0.1) is 29.6 Å². The second-order valence-electron chi connectivity index (χ2n) is 6.70. The van der Waals surface area contributed by atoms with E-state index in [9.17, 15) is 14.4 Å². The average molecular weight is 295 g/mol. The molecule has 21 heavy (non-hydrogen) atoms. The lowest BCUT2D eigenvalue weighted by Crippen LogP contribution is -2.42. The van der Waals surface area contributed by atoms with Crippen LogP contribution in [0.4, 0.5) is 0 Å². The zero-order chi connectivity index (χ0) is 15.1. The lowest BCUT2D eigenvalue weighted by molar-refractivity contribution is -0.143. The van der Waals surface area contributed by atoms with Gasteiger partial charge in [-0.05, 0) is 55.8 Å². The van der Waals surface area contributed by atoms with Crippen LogP contribution in [0.1, 0.15) is 38.5 Å². The Kier molecular flexibility index (Phi) is 3.63. The largest absolute Gasteiger partial charge is 0.481 e. The van der Waals surface area contributed by atoms with E-state index in [1.165, 1.54) is 19.3 Å². The summed E-state index contributed by atoms with van der Waals surface area (Å²) in [6.45, 7) is 0. The molecule has 0 aromatic carbocycles. The van der Waals surface area contributed by atoms with Gasteiger partial charge < -0.3 is 15.5 Å². The molecule has 3 N–H and O–H groups in total. The number of hydrogen-bond acceptors (Lipinski definition) is 3. The van der Waals surface area contributed by atoms with Crippen molar-refractivity contribution in [2.24, 2.45) is 29.6 Å². The monoisotopic (exact) mass is 295 g/mol. The first-order chi connectivity index (χ1) is 9.99. The van der Waals surface area contributed by atoms with E-state index in [2.05, 4.69) is 5.32 Å². The van der Waals surface area contributed by atoms with Crippen molar-refractivity contribution < 1.29 is 24.6 Å². The van der Waals surface area contributed by atoms with Crippen LogP contribution in [0.25, 0.3) is 0 Å². The highest BCUT2D eigenvalue weighted by atomic mass is 16.4. The van der Waals surface area contributed by atoms with Gasteiger partial charge in [-0.2, -0.15) is 0 Å². The van der Waals surface area contributed by atoms with Crippen molar-refractivity contribution >= 4 is 17.8 Å². The molecule has 3 saturated carbocycles. The number of carboxylic acids is 2. The Balaban J connectivity index is 1.51. The highest BCUT2D eigenvalue weighted by Crippen LogP contribution is 2.69. The fraction of sp³-hybridized carbons (Fsp3) is 0.800. The Morgan fingerprint density at radius 3 is 2.24 bits per heavy atom. The van der Waals surface area contributed by atoms with Crippen molar-refractivity contribution in [1.29, 1.82) is 0 Å². The maximum absolute atomic E-state index is 12.3. The fourth-order valence-electron chi connectivity index (χ4n) is 4.66. The van der Waals surface area contributed by atoms with Gasteiger partial charge in [-0.25, -0.2) is 4.79 Å². The minimum absolute atomic E-state index is 0.0116. The van der Waals surface area contributed by atoms with Gasteiger partial charge in [-0.15, -0.1) is 0 Å². The van der Waals surface area contributed by atoms with Crippen molar-refractivity contribution in [3.63, 3.8) is 0 Å². The van der Waals surface area contributed by atoms with E-state index in [4.69, 9.17) is 10.2 Å². The van der Waals surface area contributed by atoms with Crippen LogP contribution < -0.4 is 5.32 Å². The smallest absolute Gasteiger partial charge is 0.326 e. The minimum atomic E-state index is -1.08. The van der Waals surface area contributed by atoms with Crippen molar-refractivity contribution in [1.82, 2.24) is 5.32 Å². The molecule has 3 aliphatic rings. The molecule has 4 unspecified atom stereocenters. The third kappa shape index (κ3) is 2.63. The number of carbonyl (C=O) groups excluding carboxylic acids is 1. The summed E-state index contributed by atoms with van der Waals surface area (Å²) in [5, 5.41) is 20.3. The normalized spacial score (nSPS) is 36.9. The Morgan fingerprint density at radius 1 is 1.10 bits per heavy atom. The quantitative estimate of drug-likeness (QED) is 0.652. The number of fused-ring (bicyclic) bond motifs is 5. The molecule has 0 saturated heterocycles. The van der Waals surface area contributed by atoms with Gasteiger partial charge in [0, 0.05) is 12.3 Å². The highest BCUT2D eigenvalue weighted by Gasteiger charge is 2.67. The predicted octanol–water partition coefficient (Wildman–Crippen LogP) is 1.10. The third-order valence-corrected chi connectivity index (χ3v) is 5.54. The van der Waals surface area contributed by atoms with E-state index >= 15 is 0 Å². The van der Waals surface area contributed by atoms with Gasteiger partial charge in [0.25, 0.3) is 0 Å². The Labute approximate surface area is 122 Å². The molecule has 0 aromatic rings. The van der Waals surface area contributed by atoms with Crippen LogP contribution in [-0.4, -0.2) is 34.1 Å². The van der Waals surface area contributed by atoms with Crippen molar-refractivity contribution in [2.45, 2.75) is 44.6 Å². The van der Waals surface area contributed by atoms with E-state index in [0.717, 1.165) is 0 Å². The standard InChI is InChI=1S/C15H21NO5/c17-10(18)3-1-2-9(15(20)21)16-14(19)13-11-7-4-5-8(6-7)12(11)13/h7-9,11-13H,1-6H2,(H,16,19)(H,17,18)(H,20,21)/t7?,8?,9-,11?,12?,13?/m1/s1. The molecule has 5 atom stereocenters. The maximum atomic E-state index is 12.3. The van der Waals surface area contributed by atoms with Crippen LogP contribution in [0.3, 0.4) is 0 Å². The summed E-state index contributed by atoms with van der Waals surface area (Å²) in [7, 11) is 0. The molecule has 116 valence electrons. The summed E-state index contributed by atoms with van der Waals surface area (Å²) in [5.74, 6) is 0.162. The first kappa shape index (κ1) is 14.4. The van der Waals surface area contributed by atoms with Crippen molar-refractivity contribution in [2.75, 3.05) is 0 Å². The Morgan fingerprint density at radius 2 is 1.71 bits per heavy atom. The second kappa shape index (κ2) is 5.31. The molecule has 1 amide bonds. The van der Waals surface area contributed by atoms with Crippen LogP contribution in [0.2, 0.25) is 0 Å². The van der Waals surface area contributed by atoms with Gasteiger partial charge in [0.2, 0.25) is 5.91 Å². The van der Waals surface area contributed by atoms with E-state index in [1.807, 2.05) is 0 Å². The molecule has 3 fully saturated rings. The SMILES string of the molecule is O=C(O)CCC[C@@H](NC(=O)C1C2C3CCC(C3)C12)C(=O)O. The number of aliphatic carboxylic acids is 2. The Bertz CT molecular complexity index is 461. The molecule has 0 spiro atoms. The summed E-state index contributed by atoms with van der Waals surface area (Å²) in [4.78, 5) is 33.9. The zero-order valence-corrected chi connectivity index (χ0v) is 11.8. The van der Waals surface area contributed by atoms with Gasteiger partial charge in [0.15, 0.2) is 0 Å². The molecular formula is C15H21NO5. The number of rotatable bonds is 7. The second-order valence-corrected chi connectivity index (χ2v) is 6.70. The first-order valence-electron chi connectivity index (χ1n) is 7.74. The highest BCUT2D eigenvalue weighted by molar-refractivity contribution is 5.87. The van der Waals surface area contributed by atoms with Crippen molar-refractivity contribution in [3.05, 3.63) is 0 Å². The van der Waals surface area contributed by atoms with Crippen LogP contribution >= 0.6 is 0 Å². The molecule has 0 aliphatic heterocycles. The summed E-state index contributed by atoms with van der Waals surface area (Å²) >= 11 is 0. The molecule has 2 bridgehead atoms. The van der Waals surface area contributed by atoms with Crippen LogP contribution in [0.5, 0.6) is 0 Å². The topological polar surface area (TPSA) is 104 Å². The molecule has 0 aromatic heterocycles. The molecule has 0 radical (unpaired) electrons. The maximum Gasteiger partial charge on any atom is 0.326 e. The number of carbonyl (C=O) groups is 3. The van der Waals surface area contributed by atoms with Gasteiger partial charge >= 0.3 is 11.9 Å². The van der Waals surface area contributed by atoms with Crippen LogP contribution in [-0.2, 0) is 14.4 Å². The van der Waals surface area contributed by atoms with E-state index in [-0.39, 0.29) is 31.1 Å². The summed E-state index contributed by atoms with van der Waals surface area (Å²) < 4.78 is 0. The van der Waals surface area contributed by atoms with Gasteiger partial charge in [0.05, 0.1) is 0 Å². The number of carboxylic acid groups (broad SMARTS) is 2. The van der Waals surface area contributed by atoms with Gasteiger partial charge in [0.1, 0.15) is 6.04 Å². The summed E-state index contributed by atoms with van der Waals surface area (Å²) in [6.07, 6.45) is 4.05. The molecule has 6 nitrogen and oxygen atoms in total. The van der Waals surface area contributed by atoms with Gasteiger partial charge in [-0.3, -0.25) is 9.59 Å². The predicted molar refractivity (Wildman–Crippen MR) is 72.4 cm³/mol. The molecular weight excluding hydrogens is 274 g/mol. The number of hydrogen-bond donors (Lipinski definition) is 3. The summed E-state index contributed by atoms with van der Waals surface area (Å²) in [5.41, 5.74) is 0. The van der Waals surface area contributed by atoms with Crippen molar-refractivity contribution in [3.8, 4) is 0 Å². The number of amides is 1. The average Bonchev–Trinajstić information content (AvgIpc) is 2.86.